The highest BCUT2D eigenvalue weighted by molar-refractivity contribution is 6.36. The summed E-state index contributed by atoms with van der Waals surface area (Å²) in [5.41, 5.74) is 1.03. The fourth-order valence-electron chi connectivity index (χ4n) is 3.70. The normalized spacial score (nSPS) is 13.0. The zero-order chi connectivity index (χ0) is 27.7. The van der Waals surface area contributed by atoms with Crippen LogP contribution in [0.1, 0.15) is 24.2 Å². The number of rotatable bonds is 7. The molecule has 2 aromatic carbocycles. The van der Waals surface area contributed by atoms with Crippen LogP contribution in [0.4, 0.5) is 34.6 Å². The number of pyridine rings is 2. The fourth-order valence-corrected chi connectivity index (χ4v) is 3.97. The van der Waals surface area contributed by atoms with Crippen molar-refractivity contribution in [1.82, 2.24) is 25.0 Å². The molecule has 0 amide bonds. The van der Waals surface area contributed by atoms with E-state index in [2.05, 4.69) is 30.8 Å². The van der Waals surface area contributed by atoms with Crippen LogP contribution in [0, 0.1) is 28.9 Å². The minimum absolute atomic E-state index is 0.00177. The van der Waals surface area contributed by atoms with Gasteiger partial charge in [0.05, 0.1) is 47.3 Å². The van der Waals surface area contributed by atoms with Gasteiger partial charge in [-0.05, 0) is 29.8 Å². The second-order valence-electron chi connectivity index (χ2n) is 7.86. The number of nitrogens with zero attached hydrogens (tertiary/aromatic N) is 6. The van der Waals surface area contributed by atoms with Gasteiger partial charge in [-0.15, -0.1) is 0 Å². The van der Waals surface area contributed by atoms with E-state index in [4.69, 9.17) is 11.6 Å². The topological polar surface area (TPSA) is 104 Å². The number of benzene rings is 2. The van der Waals surface area contributed by atoms with Crippen LogP contribution in [0.5, 0.6) is 0 Å². The molecule has 38 heavy (non-hydrogen) atoms. The van der Waals surface area contributed by atoms with E-state index in [9.17, 15) is 24.2 Å². The number of nitrogens with one attached hydrogen (secondary N) is 2. The van der Waals surface area contributed by atoms with E-state index in [1.165, 1.54) is 36.7 Å². The molecule has 0 saturated heterocycles. The van der Waals surface area contributed by atoms with Crippen molar-refractivity contribution in [3.8, 4) is 6.07 Å². The smallest absolute Gasteiger partial charge is 0.249 e. The highest BCUT2D eigenvalue weighted by Gasteiger charge is 2.20. The number of fused-ring (bicyclic) bond motifs is 1. The summed E-state index contributed by atoms with van der Waals surface area (Å²) in [4.78, 5) is 8.33. The molecule has 0 aliphatic heterocycles. The van der Waals surface area contributed by atoms with Gasteiger partial charge < -0.3 is 10.6 Å². The van der Waals surface area contributed by atoms with Crippen molar-refractivity contribution < 1.29 is 18.9 Å². The average Bonchev–Trinajstić information content (AvgIpc) is 3.42. The highest BCUT2D eigenvalue weighted by atomic mass is 35.5. The lowest BCUT2D eigenvalue weighted by Gasteiger charge is -2.20. The van der Waals surface area contributed by atoms with E-state index < -0.39 is 30.4 Å². The van der Waals surface area contributed by atoms with Crippen molar-refractivity contribution in [2.45, 2.75) is 12.8 Å². The summed E-state index contributed by atoms with van der Waals surface area (Å²) in [6.07, 6.45) is 3.51. The SMILES string of the molecule is [2H][C@@](Nc1cc(Cl)c2ncc(C#N)c(Nc3cnc(F)c(F)c3)c2c1)(c1ccc(F)cc1)c1cnn(CF)n1. The molecule has 0 fully saturated rings. The van der Waals surface area contributed by atoms with Gasteiger partial charge in [0.2, 0.25) is 12.7 Å². The number of hydrogen-bond donors (Lipinski definition) is 2. The van der Waals surface area contributed by atoms with Gasteiger partial charge in [-0.2, -0.15) is 24.6 Å². The van der Waals surface area contributed by atoms with Crippen molar-refractivity contribution in [2.24, 2.45) is 0 Å². The summed E-state index contributed by atoms with van der Waals surface area (Å²) in [7, 11) is 0. The van der Waals surface area contributed by atoms with Gasteiger partial charge in [0.1, 0.15) is 17.6 Å². The van der Waals surface area contributed by atoms with Crippen LogP contribution < -0.4 is 10.6 Å². The first-order valence-corrected chi connectivity index (χ1v) is 11.2. The van der Waals surface area contributed by atoms with Crippen LogP contribution in [-0.2, 0) is 6.80 Å². The quantitative estimate of drug-likeness (QED) is 0.192. The van der Waals surface area contributed by atoms with Crippen LogP contribution in [0.2, 0.25) is 5.02 Å². The Kier molecular flexibility index (Phi) is 6.41. The first kappa shape index (κ1) is 23.6. The molecule has 5 aromatic rings. The van der Waals surface area contributed by atoms with Gasteiger partial charge in [0.25, 0.3) is 0 Å². The Morgan fingerprint density at radius 2 is 1.84 bits per heavy atom. The third kappa shape index (κ3) is 4.91. The van der Waals surface area contributed by atoms with E-state index in [0.29, 0.717) is 5.39 Å². The summed E-state index contributed by atoms with van der Waals surface area (Å²) < 4.78 is 63.2. The van der Waals surface area contributed by atoms with Crippen LogP contribution in [-0.4, -0.2) is 25.0 Å². The summed E-state index contributed by atoms with van der Waals surface area (Å²) in [5.74, 6) is -3.01. The van der Waals surface area contributed by atoms with E-state index in [-0.39, 0.29) is 44.4 Å². The van der Waals surface area contributed by atoms with Crippen molar-refractivity contribution in [3.63, 3.8) is 0 Å². The van der Waals surface area contributed by atoms with E-state index in [1.807, 2.05) is 6.07 Å². The van der Waals surface area contributed by atoms with Gasteiger partial charge >= 0.3 is 0 Å². The number of halogens is 5. The summed E-state index contributed by atoms with van der Waals surface area (Å²) in [6.45, 7) is -1.03. The first-order valence-electron chi connectivity index (χ1n) is 11.3. The molecule has 0 spiro atoms. The van der Waals surface area contributed by atoms with Crippen molar-refractivity contribution in [1.29, 1.82) is 5.26 Å². The molecule has 3 heterocycles. The van der Waals surface area contributed by atoms with Gasteiger partial charge in [0.15, 0.2) is 5.82 Å². The number of aromatic nitrogens is 5. The minimum atomic E-state index is -1.89. The molecule has 0 aliphatic carbocycles. The van der Waals surface area contributed by atoms with Gasteiger partial charge in [0, 0.05) is 23.3 Å². The number of alkyl halides is 1. The molecule has 13 heteroatoms. The second kappa shape index (κ2) is 10.3. The molecule has 2 N–H and O–H groups in total. The summed E-state index contributed by atoms with van der Waals surface area (Å²) in [6, 6.07) is 9.01. The Balaban J connectivity index is 1.65. The molecule has 1 atom stereocenters. The lowest BCUT2D eigenvalue weighted by atomic mass is 10.0. The van der Waals surface area contributed by atoms with E-state index in [1.54, 1.807) is 0 Å². The van der Waals surface area contributed by atoms with Crippen molar-refractivity contribution >= 4 is 39.6 Å². The molecule has 190 valence electrons. The summed E-state index contributed by atoms with van der Waals surface area (Å²) in [5, 5.41) is 23.8. The molecule has 0 unspecified atom stereocenters. The third-order valence-corrected chi connectivity index (χ3v) is 5.70. The minimum Gasteiger partial charge on any atom is -0.373 e. The van der Waals surface area contributed by atoms with E-state index in [0.717, 1.165) is 29.2 Å². The Morgan fingerprint density at radius 3 is 2.53 bits per heavy atom. The van der Waals surface area contributed by atoms with Gasteiger partial charge in [-0.1, -0.05) is 23.7 Å². The molecule has 0 bridgehead atoms. The average molecular weight is 540 g/mol. The molecular formula is C25H15ClF4N8. The fraction of sp³-hybridized carbons (Fsp3) is 0.0800. The largest absolute Gasteiger partial charge is 0.373 e. The van der Waals surface area contributed by atoms with Crippen molar-refractivity contribution in [2.75, 3.05) is 10.6 Å². The molecule has 0 radical (unpaired) electrons. The highest BCUT2D eigenvalue weighted by Crippen LogP contribution is 2.36. The number of hydrogen-bond acceptors (Lipinski definition) is 7. The lowest BCUT2D eigenvalue weighted by Crippen LogP contribution is -2.14. The van der Waals surface area contributed by atoms with Crippen LogP contribution in [0.3, 0.4) is 0 Å². The summed E-state index contributed by atoms with van der Waals surface area (Å²) >= 11 is 6.52. The van der Waals surface area contributed by atoms with Crippen LogP contribution in [0.15, 0.2) is 61.1 Å². The van der Waals surface area contributed by atoms with Crippen molar-refractivity contribution in [3.05, 3.63) is 100 Å². The maximum absolute atomic E-state index is 13.8. The first-order chi connectivity index (χ1) is 18.7. The van der Waals surface area contributed by atoms with E-state index >= 15 is 0 Å². The maximum Gasteiger partial charge on any atom is 0.249 e. The van der Waals surface area contributed by atoms with Crippen LogP contribution in [0.25, 0.3) is 10.9 Å². The lowest BCUT2D eigenvalue weighted by molar-refractivity contribution is 0.317. The van der Waals surface area contributed by atoms with Gasteiger partial charge in [-0.3, -0.25) is 4.98 Å². The third-order valence-electron chi connectivity index (χ3n) is 5.41. The zero-order valence-corrected chi connectivity index (χ0v) is 19.8. The van der Waals surface area contributed by atoms with Gasteiger partial charge in [-0.25, -0.2) is 18.2 Å². The number of anilines is 3. The Morgan fingerprint density at radius 1 is 1.05 bits per heavy atom. The number of nitriles is 1. The second-order valence-corrected chi connectivity index (χ2v) is 8.27. The Labute approximate surface area is 218 Å². The maximum atomic E-state index is 13.8. The predicted molar refractivity (Wildman–Crippen MR) is 132 cm³/mol. The molecule has 3 aromatic heterocycles. The monoisotopic (exact) mass is 539 g/mol. The Bertz CT molecular complexity index is 1740. The molecule has 8 nitrogen and oxygen atoms in total. The molecule has 5 rings (SSSR count). The molecular weight excluding hydrogens is 524 g/mol. The van der Waals surface area contributed by atoms with Crippen LogP contribution >= 0.6 is 11.6 Å². The zero-order valence-electron chi connectivity index (χ0n) is 20.1. The molecule has 0 aliphatic rings. The Hall–Kier alpha value is -4.76. The standard InChI is InChI=1S/C25H15ClF4N8/c26-19-6-16(35-23(13-1-3-15(28)4-2-13)21-11-34-38(12-27)37-21)5-18-22(14(8-31)9-32-24(18)19)36-17-7-20(29)25(30)33-10-17/h1-7,9-11,23,35H,12H2,(H,32,36)/t23-/m1/s1/i23D. The predicted octanol–water partition coefficient (Wildman–Crippen LogP) is 6.04. The molecule has 0 saturated carbocycles.